The highest BCUT2D eigenvalue weighted by molar-refractivity contribution is 7.80. The third-order valence-corrected chi connectivity index (χ3v) is 1.96. The number of nitro groups is 1. The lowest BCUT2D eigenvalue weighted by molar-refractivity contribution is -0.384. The normalized spacial score (nSPS) is 8.69. The highest BCUT2D eigenvalue weighted by Gasteiger charge is 2.11. The van der Waals surface area contributed by atoms with Gasteiger partial charge in [-0.25, -0.2) is 5.84 Å². The molecule has 0 saturated heterocycles. The summed E-state index contributed by atoms with van der Waals surface area (Å²) in [7, 11) is 0. The van der Waals surface area contributed by atoms with E-state index in [-0.39, 0.29) is 10.7 Å². The minimum absolute atomic E-state index is 0.0770. The number of non-ortho nitro benzene ring substituents is 1. The first kappa shape index (κ1) is 14.3. The Morgan fingerprint density at radius 1 is 1.50 bits per heavy atom. The monoisotopic (exact) mass is 242 g/mol. The maximum atomic E-state index is 10.4. The van der Waals surface area contributed by atoms with Crippen LogP contribution in [0.15, 0.2) is 18.2 Å². The largest absolute Gasteiger partial charge is 0.398 e. The molecule has 0 aliphatic heterocycles. The van der Waals surface area contributed by atoms with Crippen LogP contribution in [0.1, 0.15) is 19.4 Å². The minimum atomic E-state index is -0.526. The van der Waals surface area contributed by atoms with E-state index >= 15 is 0 Å². The average Bonchev–Trinajstić information content (AvgIpc) is 2.31. The van der Waals surface area contributed by atoms with Gasteiger partial charge in [0.05, 0.1) is 4.92 Å². The molecule has 0 unspecified atom stereocenters. The molecule has 0 bridgehead atoms. The van der Waals surface area contributed by atoms with Gasteiger partial charge in [0.25, 0.3) is 5.69 Å². The summed E-state index contributed by atoms with van der Waals surface area (Å²) in [4.78, 5) is 10.1. The molecule has 6 nitrogen and oxygen atoms in total. The quantitative estimate of drug-likeness (QED) is 0.237. The van der Waals surface area contributed by atoms with Crippen molar-refractivity contribution in [3.05, 3.63) is 33.9 Å². The first-order chi connectivity index (χ1) is 7.56. The van der Waals surface area contributed by atoms with Gasteiger partial charge < -0.3 is 11.2 Å². The second kappa shape index (κ2) is 6.70. The Morgan fingerprint density at radius 3 is 2.50 bits per heavy atom. The van der Waals surface area contributed by atoms with Crippen molar-refractivity contribution in [2.24, 2.45) is 5.84 Å². The van der Waals surface area contributed by atoms with Crippen molar-refractivity contribution in [2.75, 3.05) is 5.73 Å². The molecule has 0 heterocycles. The minimum Gasteiger partial charge on any atom is -0.398 e. The summed E-state index contributed by atoms with van der Waals surface area (Å²) in [5.41, 5.74) is 8.40. The van der Waals surface area contributed by atoms with Gasteiger partial charge in [0.1, 0.15) is 4.99 Å². The van der Waals surface area contributed by atoms with Gasteiger partial charge in [-0.15, -0.1) is 0 Å². The number of nitro benzene ring substituents is 1. The summed E-state index contributed by atoms with van der Waals surface area (Å²) in [6.07, 6.45) is 0. The lowest BCUT2D eigenvalue weighted by Gasteiger charge is -2.05. The molecule has 1 aromatic rings. The van der Waals surface area contributed by atoms with Crippen molar-refractivity contribution in [2.45, 2.75) is 13.8 Å². The van der Waals surface area contributed by atoms with Crippen molar-refractivity contribution in [3.8, 4) is 0 Å². The second-order valence-electron chi connectivity index (χ2n) is 2.50. The Balaban J connectivity index is 0.00000106. The molecule has 0 saturated carbocycles. The van der Waals surface area contributed by atoms with Gasteiger partial charge >= 0.3 is 0 Å². The first-order valence-electron chi connectivity index (χ1n) is 4.61. The van der Waals surface area contributed by atoms with E-state index in [1.807, 2.05) is 13.8 Å². The van der Waals surface area contributed by atoms with Crippen LogP contribution < -0.4 is 17.0 Å². The van der Waals surface area contributed by atoms with Gasteiger partial charge in [0, 0.05) is 23.4 Å². The van der Waals surface area contributed by atoms with Gasteiger partial charge in [-0.1, -0.05) is 26.1 Å². The van der Waals surface area contributed by atoms with Crippen LogP contribution in [0.4, 0.5) is 11.4 Å². The van der Waals surface area contributed by atoms with E-state index in [1.165, 1.54) is 18.2 Å². The highest BCUT2D eigenvalue weighted by Crippen LogP contribution is 2.19. The molecule has 0 aliphatic carbocycles. The molecular formula is C9H14N4O2S. The van der Waals surface area contributed by atoms with E-state index < -0.39 is 4.92 Å². The second-order valence-corrected chi connectivity index (χ2v) is 2.91. The number of hydrogen-bond acceptors (Lipinski definition) is 5. The number of benzene rings is 1. The number of nitrogens with two attached hydrogens (primary N) is 2. The van der Waals surface area contributed by atoms with Crippen LogP contribution in [0.3, 0.4) is 0 Å². The number of nitrogens with zero attached hydrogens (tertiary/aromatic N) is 1. The third kappa shape index (κ3) is 3.44. The molecule has 5 N–H and O–H groups in total. The van der Waals surface area contributed by atoms with Crippen molar-refractivity contribution < 1.29 is 4.92 Å². The van der Waals surface area contributed by atoms with Gasteiger partial charge in [-0.2, -0.15) is 0 Å². The molecule has 0 spiro atoms. The SMILES string of the molecule is CC.NNC(=S)c1cc([N+](=O)[O-])ccc1N. The molecule has 7 heteroatoms. The van der Waals surface area contributed by atoms with Crippen LogP contribution >= 0.6 is 12.2 Å². The van der Waals surface area contributed by atoms with E-state index in [4.69, 9.17) is 23.8 Å². The van der Waals surface area contributed by atoms with Gasteiger partial charge in [-0.05, 0) is 6.07 Å². The summed E-state index contributed by atoms with van der Waals surface area (Å²) >= 11 is 4.82. The topological polar surface area (TPSA) is 107 Å². The summed E-state index contributed by atoms with van der Waals surface area (Å²) in [5, 5.41) is 10.4. The predicted molar refractivity (Wildman–Crippen MR) is 67.9 cm³/mol. The van der Waals surface area contributed by atoms with Crippen LogP contribution in [-0.4, -0.2) is 9.91 Å². The molecule has 0 fully saturated rings. The zero-order valence-corrected chi connectivity index (χ0v) is 9.88. The standard InChI is InChI=1S/C7H8N4O2S.C2H6/c8-6-2-1-4(11(12)13)3-5(6)7(14)10-9;1-2/h1-3H,8-9H2,(H,10,14);1-2H3. The zero-order chi connectivity index (χ0) is 12.7. The van der Waals surface area contributed by atoms with E-state index in [1.54, 1.807) is 0 Å². The Kier molecular flexibility index (Phi) is 5.97. The summed E-state index contributed by atoms with van der Waals surface area (Å²) in [6, 6.07) is 3.99. The molecular weight excluding hydrogens is 228 g/mol. The van der Waals surface area contributed by atoms with E-state index in [0.717, 1.165) is 0 Å². The van der Waals surface area contributed by atoms with Crippen molar-refractivity contribution in [1.29, 1.82) is 0 Å². The maximum Gasteiger partial charge on any atom is 0.270 e. The van der Waals surface area contributed by atoms with Crippen LogP contribution in [0, 0.1) is 10.1 Å². The fourth-order valence-corrected chi connectivity index (χ4v) is 1.11. The Labute approximate surface area is 98.7 Å². The van der Waals surface area contributed by atoms with Gasteiger partial charge in [0.2, 0.25) is 0 Å². The molecule has 0 amide bonds. The smallest absolute Gasteiger partial charge is 0.270 e. The molecule has 88 valence electrons. The lowest BCUT2D eigenvalue weighted by Crippen LogP contribution is -2.29. The molecule has 0 aliphatic rings. The van der Waals surface area contributed by atoms with Crippen molar-refractivity contribution >= 4 is 28.6 Å². The summed E-state index contributed by atoms with van der Waals surface area (Å²) < 4.78 is 0. The number of thiocarbonyl (C=S) groups is 1. The average molecular weight is 242 g/mol. The fraction of sp³-hybridized carbons (Fsp3) is 0.222. The molecule has 1 aromatic carbocycles. The predicted octanol–water partition coefficient (Wildman–Crippen LogP) is 1.34. The fourth-order valence-electron chi connectivity index (χ4n) is 0.932. The van der Waals surface area contributed by atoms with Crippen LogP contribution in [0.25, 0.3) is 0 Å². The van der Waals surface area contributed by atoms with Gasteiger partial charge in [0.15, 0.2) is 0 Å². The Morgan fingerprint density at radius 2 is 2.06 bits per heavy atom. The number of hydrazine groups is 1. The zero-order valence-electron chi connectivity index (χ0n) is 9.06. The van der Waals surface area contributed by atoms with E-state index in [0.29, 0.717) is 11.3 Å². The molecule has 0 aromatic heterocycles. The number of hydrogen-bond donors (Lipinski definition) is 3. The molecule has 0 atom stereocenters. The van der Waals surface area contributed by atoms with Crippen LogP contribution in [0.2, 0.25) is 0 Å². The maximum absolute atomic E-state index is 10.4. The number of nitrogen functional groups attached to an aromatic ring is 1. The molecule has 0 radical (unpaired) electrons. The van der Waals surface area contributed by atoms with Crippen LogP contribution in [-0.2, 0) is 0 Å². The summed E-state index contributed by atoms with van der Waals surface area (Å²) in [6.45, 7) is 4.00. The number of nitrogens with one attached hydrogen (secondary N) is 1. The molecule has 16 heavy (non-hydrogen) atoms. The van der Waals surface area contributed by atoms with Crippen molar-refractivity contribution in [1.82, 2.24) is 5.43 Å². The Bertz CT molecular complexity index is 395. The number of anilines is 1. The highest BCUT2D eigenvalue weighted by atomic mass is 32.1. The number of rotatable bonds is 2. The Hall–Kier alpha value is -1.73. The van der Waals surface area contributed by atoms with Crippen LogP contribution in [0.5, 0.6) is 0 Å². The first-order valence-corrected chi connectivity index (χ1v) is 5.02. The lowest BCUT2D eigenvalue weighted by atomic mass is 10.1. The van der Waals surface area contributed by atoms with E-state index in [2.05, 4.69) is 5.43 Å². The van der Waals surface area contributed by atoms with Gasteiger partial charge in [-0.3, -0.25) is 10.1 Å². The third-order valence-electron chi connectivity index (χ3n) is 1.62. The molecule has 1 rings (SSSR count). The van der Waals surface area contributed by atoms with E-state index in [9.17, 15) is 10.1 Å². The van der Waals surface area contributed by atoms with Crippen molar-refractivity contribution in [3.63, 3.8) is 0 Å². The summed E-state index contributed by atoms with van der Waals surface area (Å²) in [5.74, 6) is 5.08.